The van der Waals surface area contributed by atoms with E-state index in [1.54, 1.807) is 0 Å². The number of aliphatic hydroxyl groups excluding tert-OH is 2. The molecular formula is C21H31N3O2S. The summed E-state index contributed by atoms with van der Waals surface area (Å²) < 4.78 is 0. The number of rotatable bonds is 3. The van der Waals surface area contributed by atoms with Crippen molar-refractivity contribution in [1.29, 1.82) is 0 Å². The summed E-state index contributed by atoms with van der Waals surface area (Å²) in [5.74, 6) is 1.46. The molecule has 27 heavy (non-hydrogen) atoms. The fourth-order valence-electron chi connectivity index (χ4n) is 4.46. The lowest BCUT2D eigenvalue weighted by atomic mass is 9.73. The SMILES string of the molecule is Cc1nc(CN2CC[C@H](O)[C@@H](O)C2)c2cc(C3CCC(C)(C)CC3)sc2n1. The molecule has 0 unspecified atom stereocenters. The van der Waals surface area contributed by atoms with Gasteiger partial charge in [0.25, 0.3) is 0 Å². The number of piperidine rings is 1. The second-order valence-corrected chi connectivity index (χ2v) is 10.2. The molecule has 0 radical (unpaired) electrons. The summed E-state index contributed by atoms with van der Waals surface area (Å²) in [5.41, 5.74) is 1.54. The number of aliphatic hydroxyl groups is 2. The first kappa shape index (κ1) is 19.2. The topological polar surface area (TPSA) is 69.5 Å². The zero-order chi connectivity index (χ0) is 19.2. The monoisotopic (exact) mass is 389 g/mol. The van der Waals surface area contributed by atoms with Gasteiger partial charge in [0.05, 0.1) is 17.9 Å². The van der Waals surface area contributed by atoms with Crippen molar-refractivity contribution in [2.24, 2.45) is 5.41 Å². The largest absolute Gasteiger partial charge is 0.390 e. The lowest BCUT2D eigenvalue weighted by Crippen LogP contribution is -2.46. The van der Waals surface area contributed by atoms with Crippen LogP contribution in [0.2, 0.25) is 0 Å². The number of fused-ring (bicyclic) bond motifs is 1. The van der Waals surface area contributed by atoms with E-state index in [0.717, 1.165) is 22.9 Å². The van der Waals surface area contributed by atoms with Gasteiger partial charge in [-0.2, -0.15) is 0 Å². The molecule has 2 atom stereocenters. The lowest BCUT2D eigenvalue weighted by Gasteiger charge is -2.33. The zero-order valence-electron chi connectivity index (χ0n) is 16.6. The quantitative estimate of drug-likeness (QED) is 0.839. The lowest BCUT2D eigenvalue weighted by molar-refractivity contribution is -0.0405. The first-order chi connectivity index (χ1) is 12.8. The van der Waals surface area contributed by atoms with Gasteiger partial charge in [0.15, 0.2) is 0 Å². The van der Waals surface area contributed by atoms with Crippen LogP contribution in [0.25, 0.3) is 10.2 Å². The second-order valence-electron chi connectivity index (χ2n) is 9.18. The maximum atomic E-state index is 9.99. The highest BCUT2D eigenvalue weighted by atomic mass is 32.1. The van der Waals surface area contributed by atoms with Crippen molar-refractivity contribution >= 4 is 21.6 Å². The van der Waals surface area contributed by atoms with Crippen LogP contribution in [0.4, 0.5) is 0 Å². The maximum absolute atomic E-state index is 9.99. The van der Waals surface area contributed by atoms with Crippen LogP contribution in [-0.2, 0) is 6.54 Å². The Balaban J connectivity index is 1.57. The first-order valence-electron chi connectivity index (χ1n) is 10.2. The number of thiophene rings is 1. The Morgan fingerprint density at radius 3 is 2.59 bits per heavy atom. The minimum atomic E-state index is -0.666. The van der Waals surface area contributed by atoms with Crippen molar-refractivity contribution in [3.05, 3.63) is 22.5 Å². The normalized spacial score (nSPS) is 27.3. The number of aromatic nitrogens is 2. The van der Waals surface area contributed by atoms with Crippen molar-refractivity contribution < 1.29 is 10.2 Å². The molecular weight excluding hydrogens is 358 g/mol. The molecule has 3 heterocycles. The third kappa shape index (κ3) is 4.19. The molecule has 2 fully saturated rings. The van der Waals surface area contributed by atoms with Crippen LogP contribution in [0.3, 0.4) is 0 Å². The molecule has 148 valence electrons. The van der Waals surface area contributed by atoms with Crippen molar-refractivity contribution in [3.8, 4) is 0 Å². The molecule has 6 heteroatoms. The number of likely N-dealkylation sites (tertiary alicyclic amines) is 1. The predicted molar refractivity (Wildman–Crippen MR) is 109 cm³/mol. The van der Waals surface area contributed by atoms with Gasteiger partial charge < -0.3 is 10.2 Å². The smallest absolute Gasteiger partial charge is 0.127 e. The fraction of sp³-hybridized carbons (Fsp3) is 0.714. The Morgan fingerprint density at radius 1 is 1.15 bits per heavy atom. The van der Waals surface area contributed by atoms with Gasteiger partial charge in [-0.3, -0.25) is 4.90 Å². The highest BCUT2D eigenvalue weighted by molar-refractivity contribution is 7.18. The zero-order valence-corrected chi connectivity index (χ0v) is 17.4. The minimum Gasteiger partial charge on any atom is -0.390 e. The third-order valence-corrected chi connectivity index (χ3v) is 7.54. The molecule has 2 aromatic heterocycles. The van der Waals surface area contributed by atoms with E-state index in [1.165, 1.54) is 35.9 Å². The molecule has 1 saturated heterocycles. The first-order valence-corrected chi connectivity index (χ1v) is 11.0. The van der Waals surface area contributed by atoms with Gasteiger partial charge in [-0.25, -0.2) is 9.97 Å². The highest BCUT2D eigenvalue weighted by Gasteiger charge is 2.30. The molecule has 2 N–H and O–H groups in total. The average Bonchev–Trinajstić information content (AvgIpc) is 3.02. The minimum absolute atomic E-state index is 0.481. The van der Waals surface area contributed by atoms with E-state index in [-0.39, 0.29) is 0 Å². The van der Waals surface area contributed by atoms with Crippen LogP contribution in [0, 0.1) is 12.3 Å². The van der Waals surface area contributed by atoms with Crippen molar-refractivity contribution in [2.45, 2.75) is 77.5 Å². The Bertz CT molecular complexity index is 809. The van der Waals surface area contributed by atoms with Crippen LogP contribution >= 0.6 is 11.3 Å². The third-order valence-electron chi connectivity index (χ3n) is 6.35. The van der Waals surface area contributed by atoms with Gasteiger partial charge in [0.1, 0.15) is 10.7 Å². The van der Waals surface area contributed by atoms with E-state index >= 15 is 0 Å². The van der Waals surface area contributed by atoms with E-state index in [4.69, 9.17) is 9.97 Å². The van der Waals surface area contributed by atoms with Crippen LogP contribution < -0.4 is 0 Å². The van der Waals surface area contributed by atoms with E-state index < -0.39 is 12.2 Å². The summed E-state index contributed by atoms with van der Waals surface area (Å²) in [6.45, 7) is 8.71. The van der Waals surface area contributed by atoms with E-state index in [9.17, 15) is 10.2 Å². The second kappa shape index (κ2) is 7.39. The molecule has 0 spiro atoms. The Labute approximate surface area is 165 Å². The predicted octanol–water partition coefficient (Wildman–Crippen LogP) is 3.61. The standard InChI is InChI=1S/C21H31N3O2S/c1-13-22-16(11-24-9-6-17(25)18(26)12-24)15-10-19(27-20(15)23-13)14-4-7-21(2,3)8-5-14/h10,14,17-18,25-26H,4-9,11-12H2,1-3H3/t17-,18-/m0/s1. The maximum Gasteiger partial charge on any atom is 0.127 e. The van der Waals surface area contributed by atoms with Crippen molar-refractivity contribution in [3.63, 3.8) is 0 Å². The molecule has 0 amide bonds. The molecule has 1 saturated carbocycles. The van der Waals surface area contributed by atoms with Crippen LogP contribution in [0.5, 0.6) is 0 Å². The van der Waals surface area contributed by atoms with E-state index in [2.05, 4.69) is 24.8 Å². The molecule has 0 bridgehead atoms. The van der Waals surface area contributed by atoms with Crippen LogP contribution in [-0.4, -0.2) is 50.4 Å². The molecule has 0 aromatic carbocycles. The number of nitrogens with zero attached hydrogens (tertiary/aromatic N) is 3. The highest BCUT2D eigenvalue weighted by Crippen LogP contribution is 2.45. The van der Waals surface area contributed by atoms with Gasteiger partial charge in [-0.1, -0.05) is 13.8 Å². The molecule has 1 aliphatic heterocycles. The van der Waals surface area contributed by atoms with Gasteiger partial charge >= 0.3 is 0 Å². The number of hydrogen-bond acceptors (Lipinski definition) is 6. The summed E-state index contributed by atoms with van der Waals surface area (Å²) in [7, 11) is 0. The summed E-state index contributed by atoms with van der Waals surface area (Å²) >= 11 is 1.84. The van der Waals surface area contributed by atoms with E-state index in [1.807, 2.05) is 18.3 Å². The summed E-state index contributed by atoms with van der Waals surface area (Å²) in [4.78, 5) is 14.2. The van der Waals surface area contributed by atoms with Gasteiger partial charge in [0.2, 0.25) is 0 Å². The molecule has 2 aromatic rings. The summed E-state index contributed by atoms with van der Waals surface area (Å²) in [6.07, 6.45) is 4.45. The Kier molecular flexibility index (Phi) is 5.27. The summed E-state index contributed by atoms with van der Waals surface area (Å²) in [5, 5.41) is 20.9. The van der Waals surface area contributed by atoms with Crippen molar-refractivity contribution in [2.75, 3.05) is 13.1 Å². The molecule has 5 nitrogen and oxygen atoms in total. The van der Waals surface area contributed by atoms with Gasteiger partial charge in [-0.05, 0) is 56.4 Å². The number of hydrogen-bond donors (Lipinski definition) is 2. The number of aryl methyl sites for hydroxylation is 1. The Hall–Kier alpha value is -1.08. The molecule has 4 rings (SSSR count). The molecule has 1 aliphatic carbocycles. The molecule has 2 aliphatic rings. The number of β-amino-alcohol motifs (C(OH)–C–C–N with tert-alkyl or cyclic N) is 1. The van der Waals surface area contributed by atoms with Gasteiger partial charge in [-0.15, -0.1) is 11.3 Å². The average molecular weight is 390 g/mol. The van der Waals surface area contributed by atoms with E-state index in [0.29, 0.717) is 30.8 Å². The van der Waals surface area contributed by atoms with Gasteiger partial charge in [0, 0.05) is 29.9 Å². The summed E-state index contributed by atoms with van der Waals surface area (Å²) in [6, 6.07) is 2.33. The fourth-order valence-corrected chi connectivity index (χ4v) is 5.73. The Morgan fingerprint density at radius 2 is 1.89 bits per heavy atom. The van der Waals surface area contributed by atoms with Crippen LogP contribution in [0.1, 0.15) is 68.3 Å². The van der Waals surface area contributed by atoms with Crippen molar-refractivity contribution in [1.82, 2.24) is 14.9 Å². The van der Waals surface area contributed by atoms with Crippen LogP contribution in [0.15, 0.2) is 6.07 Å².